The van der Waals surface area contributed by atoms with Crippen LogP contribution in [-0.2, 0) is 11.3 Å². The molecule has 3 rings (SSSR count). The zero-order chi connectivity index (χ0) is 13.2. The van der Waals surface area contributed by atoms with Crippen LogP contribution in [0, 0.1) is 5.92 Å². The van der Waals surface area contributed by atoms with Crippen LogP contribution in [0.25, 0.3) is 10.7 Å². The molecule has 3 heterocycles. The third kappa shape index (κ3) is 2.49. The van der Waals surface area contributed by atoms with Crippen molar-refractivity contribution in [1.82, 2.24) is 25.1 Å². The molecule has 100 valence electrons. The van der Waals surface area contributed by atoms with Crippen molar-refractivity contribution in [3.8, 4) is 10.7 Å². The smallest absolute Gasteiger partial charge is 0.246 e. The summed E-state index contributed by atoms with van der Waals surface area (Å²) in [6.07, 6.45) is 0. The predicted octanol–water partition coefficient (Wildman–Crippen LogP) is -0.148. The summed E-state index contributed by atoms with van der Waals surface area (Å²) in [6, 6.07) is 3.83. The summed E-state index contributed by atoms with van der Waals surface area (Å²) >= 11 is 1.53. The summed E-state index contributed by atoms with van der Waals surface area (Å²) in [5.74, 6) is 0.716. The van der Waals surface area contributed by atoms with E-state index in [1.165, 1.54) is 16.1 Å². The molecule has 0 saturated carbocycles. The minimum Gasteiger partial charge on any atom is -0.396 e. The molecule has 0 aromatic carbocycles. The van der Waals surface area contributed by atoms with Gasteiger partial charge in [0.2, 0.25) is 11.7 Å². The first-order valence-electron chi connectivity index (χ1n) is 5.96. The van der Waals surface area contributed by atoms with Crippen LogP contribution < -0.4 is 0 Å². The molecule has 0 bridgehead atoms. The van der Waals surface area contributed by atoms with Gasteiger partial charge in [-0.05, 0) is 16.7 Å². The van der Waals surface area contributed by atoms with Crippen molar-refractivity contribution >= 4 is 17.2 Å². The Balaban J connectivity index is 1.60. The lowest BCUT2D eigenvalue weighted by molar-refractivity contribution is -0.139. The highest BCUT2D eigenvalue weighted by Crippen LogP contribution is 2.19. The first kappa shape index (κ1) is 12.2. The Hall–Kier alpha value is -1.80. The highest BCUT2D eigenvalue weighted by Gasteiger charge is 2.30. The maximum absolute atomic E-state index is 11.9. The van der Waals surface area contributed by atoms with E-state index in [4.69, 9.17) is 5.11 Å². The molecule has 2 aromatic heterocycles. The number of likely N-dealkylation sites (tertiary alicyclic amines) is 1. The summed E-state index contributed by atoms with van der Waals surface area (Å²) in [4.78, 5) is 15.8. The number of amides is 1. The first-order chi connectivity index (χ1) is 9.26. The molecule has 0 atom stereocenters. The molecule has 1 aliphatic heterocycles. The van der Waals surface area contributed by atoms with Gasteiger partial charge in [-0.25, -0.2) is 0 Å². The summed E-state index contributed by atoms with van der Waals surface area (Å²) in [5, 5.41) is 22.8. The number of nitrogens with zero attached hydrogens (tertiary/aromatic N) is 5. The molecule has 1 aliphatic rings. The number of tetrazole rings is 1. The molecule has 0 aliphatic carbocycles. The fraction of sp³-hybridized carbons (Fsp3) is 0.455. The van der Waals surface area contributed by atoms with E-state index in [2.05, 4.69) is 15.4 Å². The van der Waals surface area contributed by atoms with Gasteiger partial charge in [-0.3, -0.25) is 4.79 Å². The van der Waals surface area contributed by atoms with Crippen molar-refractivity contribution in [3.63, 3.8) is 0 Å². The van der Waals surface area contributed by atoms with Gasteiger partial charge < -0.3 is 10.0 Å². The second-order valence-corrected chi connectivity index (χ2v) is 5.42. The van der Waals surface area contributed by atoms with Gasteiger partial charge in [0.25, 0.3) is 0 Å². The van der Waals surface area contributed by atoms with Gasteiger partial charge in [0.15, 0.2) is 0 Å². The third-order valence-electron chi connectivity index (χ3n) is 3.04. The molecular weight excluding hydrogens is 266 g/mol. The van der Waals surface area contributed by atoms with Crippen molar-refractivity contribution in [2.45, 2.75) is 6.54 Å². The van der Waals surface area contributed by atoms with Crippen LogP contribution in [0.3, 0.4) is 0 Å². The number of aromatic nitrogens is 4. The summed E-state index contributed by atoms with van der Waals surface area (Å²) in [7, 11) is 0. The molecule has 7 nitrogen and oxygen atoms in total. The second kappa shape index (κ2) is 5.06. The quantitative estimate of drug-likeness (QED) is 0.841. The minimum atomic E-state index is -0.0418. The van der Waals surface area contributed by atoms with Crippen LogP contribution in [0.5, 0.6) is 0 Å². The predicted molar refractivity (Wildman–Crippen MR) is 68.3 cm³/mol. The molecule has 2 aromatic rings. The highest BCUT2D eigenvalue weighted by atomic mass is 32.1. The molecular formula is C11H13N5O2S. The molecule has 0 unspecified atom stereocenters. The Morgan fingerprint density at radius 1 is 1.53 bits per heavy atom. The topological polar surface area (TPSA) is 84.1 Å². The van der Waals surface area contributed by atoms with Crippen LogP contribution >= 0.6 is 11.3 Å². The van der Waals surface area contributed by atoms with Crippen LogP contribution in [0.15, 0.2) is 17.5 Å². The van der Waals surface area contributed by atoms with E-state index in [1.807, 2.05) is 17.5 Å². The number of thiophene rings is 1. The van der Waals surface area contributed by atoms with Crippen molar-refractivity contribution in [2.75, 3.05) is 19.7 Å². The maximum Gasteiger partial charge on any atom is 0.246 e. The van der Waals surface area contributed by atoms with E-state index < -0.39 is 0 Å². The standard InChI is InChI=1S/C11H13N5O2S/c17-7-8-4-15(5-8)10(18)6-16-13-11(12-14-16)9-2-1-3-19-9/h1-3,8,17H,4-7H2. The molecule has 1 saturated heterocycles. The normalized spacial score (nSPS) is 15.5. The number of aliphatic hydroxyl groups excluding tert-OH is 1. The summed E-state index contributed by atoms with van der Waals surface area (Å²) in [6.45, 7) is 1.45. The largest absolute Gasteiger partial charge is 0.396 e. The molecule has 1 amide bonds. The Kier molecular flexibility index (Phi) is 3.26. The van der Waals surface area contributed by atoms with Crippen molar-refractivity contribution in [1.29, 1.82) is 0 Å². The van der Waals surface area contributed by atoms with Crippen LogP contribution in [-0.4, -0.2) is 55.8 Å². The highest BCUT2D eigenvalue weighted by molar-refractivity contribution is 7.13. The maximum atomic E-state index is 11.9. The van der Waals surface area contributed by atoms with Crippen molar-refractivity contribution < 1.29 is 9.90 Å². The average Bonchev–Trinajstić information content (AvgIpc) is 2.96. The van der Waals surface area contributed by atoms with Gasteiger partial charge in [-0.2, -0.15) is 4.80 Å². The number of carbonyl (C=O) groups is 1. The van der Waals surface area contributed by atoms with Crippen molar-refractivity contribution in [2.24, 2.45) is 5.92 Å². The number of aliphatic hydroxyl groups is 1. The Morgan fingerprint density at radius 3 is 3.05 bits per heavy atom. The van der Waals surface area contributed by atoms with Crippen LogP contribution in [0.4, 0.5) is 0 Å². The van der Waals surface area contributed by atoms with E-state index in [1.54, 1.807) is 4.90 Å². The van der Waals surface area contributed by atoms with E-state index in [9.17, 15) is 4.79 Å². The Bertz CT molecular complexity index is 561. The summed E-state index contributed by atoms with van der Waals surface area (Å²) in [5.41, 5.74) is 0. The van der Waals surface area contributed by atoms with E-state index in [0.29, 0.717) is 18.9 Å². The fourth-order valence-electron chi connectivity index (χ4n) is 1.92. The van der Waals surface area contributed by atoms with Crippen LogP contribution in [0.2, 0.25) is 0 Å². The molecule has 1 N–H and O–H groups in total. The SMILES string of the molecule is O=C(Cn1nnc(-c2cccs2)n1)N1CC(CO)C1. The molecule has 8 heteroatoms. The van der Waals surface area contributed by atoms with E-state index in [-0.39, 0.29) is 25.0 Å². The minimum absolute atomic E-state index is 0.0418. The zero-order valence-corrected chi connectivity index (χ0v) is 11.0. The second-order valence-electron chi connectivity index (χ2n) is 4.47. The number of hydrogen-bond donors (Lipinski definition) is 1. The van der Waals surface area contributed by atoms with Gasteiger partial charge >= 0.3 is 0 Å². The summed E-state index contributed by atoms with van der Waals surface area (Å²) < 4.78 is 0. The lowest BCUT2D eigenvalue weighted by Crippen LogP contribution is -2.52. The number of hydrogen-bond acceptors (Lipinski definition) is 6. The third-order valence-corrected chi connectivity index (χ3v) is 3.90. The van der Waals surface area contributed by atoms with Gasteiger partial charge in [0.05, 0.1) is 4.88 Å². The number of carbonyl (C=O) groups excluding carboxylic acids is 1. The Labute approximate surface area is 113 Å². The van der Waals surface area contributed by atoms with Gasteiger partial charge in [0, 0.05) is 25.6 Å². The molecule has 19 heavy (non-hydrogen) atoms. The van der Waals surface area contributed by atoms with Crippen molar-refractivity contribution in [3.05, 3.63) is 17.5 Å². The zero-order valence-electron chi connectivity index (χ0n) is 10.1. The molecule has 0 radical (unpaired) electrons. The van der Waals surface area contributed by atoms with E-state index in [0.717, 1.165) is 4.88 Å². The molecule has 1 fully saturated rings. The average molecular weight is 279 g/mol. The monoisotopic (exact) mass is 279 g/mol. The van der Waals surface area contributed by atoms with Gasteiger partial charge in [-0.1, -0.05) is 6.07 Å². The van der Waals surface area contributed by atoms with Gasteiger partial charge in [0.1, 0.15) is 6.54 Å². The lowest BCUT2D eigenvalue weighted by Gasteiger charge is -2.38. The molecule has 0 spiro atoms. The lowest BCUT2D eigenvalue weighted by atomic mass is 10.0. The fourth-order valence-corrected chi connectivity index (χ4v) is 2.57. The number of rotatable bonds is 4. The Morgan fingerprint density at radius 2 is 2.37 bits per heavy atom. The van der Waals surface area contributed by atoms with Gasteiger partial charge in [-0.15, -0.1) is 21.5 Å². The van der Waals surface area contributed by atoms with E-state index >= 15 is 0 Å². The van der Waals surface area contributed by atoms with Crippen LogP contribution in [0.1, 0.15) is 0 Å². The first-order valence-corrected chi connectivity index (χ1v) is 6.84.